The largest absolute Gasteiger partial charge is 0.489 e. The quantitative estimate of drug-likeness (QED) is 0.761. The lowest BCUT2D eigenvalue weighted by molar-refractivity contribution is 0.0694. The van der Waals surface area contributed by atoms with Gasteiger partial charge in [0.2, 0.25) is 0 Å². The average molecular weight is 450 g/mol. The van der Waals surface area contributed by atoms with Crippen molar-refractivity contribution < 1.29 is 23.1 Å². The lowest BCUT2D eigenvalue weighted by Gasteiger charge is -2.26. The second-order valence-corrected chi connectivity index (χ2v) is 10.6. The van der Waals surface area contributed by atoms with E-state index >= 15 is 0 Å². The maximum absolute atomic E-state index is 13.1. The third kappa shape index (κ3) is 3.13. The Morgan fingerprint density at radius 1 is 1.13 bits per heavy atom. The molecule has 7 nitrogen and oxygen atoms in total. The Morgan fingerprint density at radius 2 is 1.83 bits per heavy atom. The van der Waals surface area contributed by atoms with Gasteiger partial charge in [-0.25, -0.2) is 13.2 Å². The van der Waals surface area contributed by atoms with E-state index in [1.165, 1.54) is 22.8 Å². The van der Waals surface area contributed by atoms with Crippen LogP contribution in [-0.2, 0) is 15.6 Å². The van der Waals surface area contributed by atoms with Crippen LogP contribution in [0.5, 0.6) is 5.75 Å². The molecule has 5 rings (SSSR count). The summed E-state index contributed by atoms with van der Waals surface area (Å²) in [6, 6.07) is 4.06. The summed E-state index contributed by atoms with van der Waals surface area (Å²) in [6.07, 6.45) is 5.45. The highest BCUT2D eigenvalue weighted by atomic mass is 35.5. The van der Waals surface area contributed by atoms with Crippen molar-refractivity contribution in [3.8, 4) is 17.0 Å². The van der Waals surface area contributed by atoms with Gasteiger partial charge in [0.1, 0.15) is 11.3 Å². The predicted octanol–water partition coefficient (Wildman–Crippen LogP) is 3.81. The Balaban J connectivity index is 1.74. The smallest absolute Gasteiger partial charge is 0.341 e. The van der Waals surface area contributed by atoms with E-state index in [1.807, 2.05) is 0 Å². The molecule has 2 fully saturated rings. The zero-order chi connectivity index (χ0) is 21.2. The van der Waals surface area contributed by atoms with E-state index in [4.69, 9.17) is 16.3 Å². The highest BCUT2D eigenvalue weighted by Gasteiger charge is 2.37. The standard InChI is InChI=1S/C21H20ClNO6S/c22-16-8-14-18(9-17(16)29-13-3-1-2-4-13)30(27,28)10-11-7-15(21(25)26)20(24)23(19(11)14)12-5-6-12/h7-9,12-13H,1-6,10H2,(H,25,26). The number of rotatable bonds is 4. The van der Waals surface area contributed by atoms with Crippen molar-refractivity contribution in [1.29, 1.82) is 0 Å². The molecule has 0 atom stereocenters. The molecule has 0 amide bonds. The summed E-state index contributed by atoms with van der Waals surface area (Å²) < 4.78 is 33.6. The number of nitrogens with zero attached hydrogens (tertiary/aromatic N) is 1. The molecule has 0 radical (unpaired) electrons. The number of sulfone groups is 1. The van der Waals surface area contributed by atoms with Crippen LogP contribution in [0.4, 0.5) is 0 Å². The van der Waals surface area contributed by atoms with Crippen LogP contribution < -0.4 is 10.3 Å². The van der Waals surface area contributed by atoms with Crippen molar-refractivity contribution >= 4 is 27.4 Å². The molecule has 1 aromatic heterocycles. The maximum Gasteiger partial charge on any atom is 0.341 e. The zero-order valence-electron chi connectivity index (χ0n) is 16.1. The molecule has 0 bridgehead atoms. The topological polar surface area (TPSA) is 103 Å². The minimum Gasteiger partial charge on any atom is -0.489 e. The lowest BCUT2D eigenvalue weighted by atomic mass is 10.0. The number of hydrogen-bond acceptors (Lipinski definition) is 5. The third-order valence-corrected chi connectivity index (χ3v) is 8.02. The van der Waals surface area contributed by atoms with Crippen molar-refractivity contribution in [3.63, 3.8) is 0 Å². The Labute approximate surface area is 178 Å². The third-order valence-electron chi connectivity index (χ3n) is 6.02. The SMILES string of the molecule is O=C(O)c1cc2c(n(C3CC3)c1=O)-c1cc(Cl)c(OC3CCCC3)cc1S(=O)(=O)C2. The number of pyridine rings is 1. The fourth-order valence-electron chi connectivity index (χ4n) is 4.47. The number of hydrogen-bond donors (Lipinski definition) is 1. The zero-order valence-corrected chi connectivity index (χ0v) is 17.6. The molecule has 0 saturated heterocycles. The first-order valence-electron chi connectivity index (χ1n) is 10.0. The molecular weight excluding hydrogens is 430 g/mol. The van der Waals surface area contributed by atoms with Crippen LogP contribution in [-0.4, -0.2) is 30.2 Å². The number of aromatic carboxylic acids is 1. The van der Waals surface area contributed by atoms with Crippen LogP contribution in [0.1, 0.15) is 60.5 Å². The molecular formula is C21H20ClNO6S. The second kappa shape index (κ2) is 6.85. The Morgan fingerprint density at radius 3 is 2.47 bits per heavy atom. The molecule has 1 aromatic carbocycles. The maximum atomic E-state index is 13.1. The van der Waals surface area contributed by atoms with Crippen molar-refractivity contribution in [3.05, 3.63) is 44.7 Å². The fourth-order valence-corrected chi connectivity index (χ4v) is 6.24. The van der Waals surface area contributed by atoms with Gasteiger partial charge in [-0.1, -0.05) is 11.6 Å². The lowest BCUT2D eigenvalue weighted by Crippen LogP contribution is -2.30. The molecule has 9 heteroatoms. The molecule has 2 aromatic rings. The van der Waals surface area contributed by atoms with Crippen molar-refractivity contribution in [2.24, 2.45) is 0 Å². The normalized spacial score (nSPS) is 19.9. The van der Waals surface area contributed by atoms with Crippen molar-refractivity contribution in [2.45, 2.75) is 61.3 Å². The predicted molar refractivity (Wildman–Crippen MR) is 110 cm³/mol. The molecule has 3 aliphatic rings. The minimum atomic E-state index is -3.75. The van der Waals surface area contributed by atoms with E-state index in [-0.39, 0.29) is 27.8 Å². The summed E-state index contributed by atoms with van der Waals surface area (Å²) in [4.78, 5) is 24.5. The number of benzene rings is 1. The highest BCUT2D eigenvalue weighted by molar-refractivity contribution is 7.90. The molecule has 1 N–H and O–H groups in total. The summed E-state index contributed by atoms with van der Waals surface area (Å²) in [7, 11) is -3.75. The highest BCUT2D eigenvalue weighted by Crippen LogP contribution is 2.46. The first kappa shape index (κ1) is 19.6. The first-order valence-corrected chi connectivity index (χ1v) is 12.0. The van der Waals surface area contributed by atoms with Crippen LogP contribution in [0.3, 0.4) is 0 Å². The van der Waals surface area contributed by atoms with Crippen LogP contribution in [0.2, 0.25) is 5.02 Å². The number of ether oxygens (including phenoxy) is 1. The summed E-state index contributed by atoms with van der Waals surface area (Å²) in [6.45, 7) is 0. The number of carboxylic acids is 1. The van der Waals surface area contributed by atoms with Crippen LogP contribution >= 0.6 is 11.6 Å². The van der Waals surface area contributed by atoms with Gasteiger partial charge in [0.15, 0.2) is 9.84 Å². The summed E-state index contributed by atoms with van der Waals surface area (Å²) in [5, 5.41) is 9.71. The molecule has 0 unspecified atom stereocenters. The summed E-state index contributed by atoms with van der Waals surface area (Å²) in [5.74, 6) is -1.40. The molecule has 0 spiro atoms. The van der Waals surface area contributed by atoms with Gasteiger partial charge in [-0.15, -0.1) is 0 Å². The molecule has 2 aliphatic carbocycles. The monoisotopic (exact) mass is 449 g/mol. The number of fused-ring (bicyclic) bond motifs is 3. The van der Waals surface area contributed by atoms with Gasteiger partial charge in [-0.2, -0.15) is 0 Å². The molecule has 158 valence electrons. The van der Waals surface area contributed by atoms with E-state index in [2.05, 4.69) is 0 Å². The van der Waals surface area contributed by atoms with E-state index in [0.29, 0.717) is 22.6 Å². The van der Waals surface area contributed by atoms with E-state index in [1.54, 1.807) is 0 Å². The Hall–Kier alpha value is -2.32. The summed E-state index contributed by atoms with van der Waals surface area (Å²) >= 11 is 6.47. The van der Waals surface area contributed by atoms with Gasteiger partial charge in [0.25, 0.3) is 5.56 Å². The van der Waals surface area contributed by atoms with Crippen molar-refractivity contribution in [1.82, 2.24) is 4.57 Å². The van der Waals surface area contributed by atoms with E-state index < -0.39 is 26.9 Å². The number of aromatic nitrogens is 1. The van der Waals surface area contributed by atoms with Gasteiger partial charge in [0, 0.05) is 17.7 Å². The summed E-state index contributed by atoms with van der Waals surface area (Å²) in [5.41, 5.74) is 0.0718. The van der Waals surface area contributed by atoms with Crippen LogP contribution in [0.15, 0.2) is 27.9 Å². The van der Waals surface area contributed by atoms with Gasteiger partial charge in [0.05, 0.1) is 27.5 Å². The van der Waals surface area contributed by atoms with Crippen LogP contribution in [0, 0.1) is 0 Å². The molecule has 1 aliphatic heterocycles. The number of carboxylic acid groups (broad SMARTS) is 1. The second-order valence-electron chi connectivity index (χ2n) is 8.21. The molecule has 30 heavy (non-hydrogen) atoms. The van der Waals surface area contributed by atoms with Gasteiger partial charge < -0.3 is 14.4 Å². The Bertz CT molecular complexity index is 1240. The van der Waals surface area contributed by atoms with Gasteiger partial charge in [-0.05, 0) is 56.2 Å². The van der Waals surface area contributed by atoms with Crippen LogP contribution in [0.25, 0.3) is 11.3 Å². The average Bonchev–Trinajstić information content (AvgIpc) is 3.38. The van der Waals surface area contributed by atoms with Gasteiger partial charge >= 0.3 is 5.97 Å². The van der Waals surface area contributed by atoms with Gasteiger partial charge in [-0.3, -0.25) is 4.79 Å². The number of halogens is 1. The van der Waals surface area contributed by atoms with E-state index in [9.17, 15) is 23.1 Å². The minimum absolute atomic E-state index is 0.0156. The Kier molecular flexibility index (Phi) is 4.48. The van der Waals surface area contributed by atoms with E-state index in [0.717, 1.165) is 38.5 Å². The molecule has 2 heterocycles. The molecule has 2 saturated carbocycles. The first-order chi connectivity index (χ1) is 14.3. The number of carbonyl (C=O) groups is 1. The fraction of sp³-hybridized carbons (Fsp3) is 0.429. The van der Waals surface area contributed by atoms with Crippen molar-refractivity contribution in [2.75, 3.05) is 0 Å².